The second-order valence-electron chi connectivity index (χ2n) is 3.38. The maximum Gasteiger partial charge on any atom is 0.181 e. The molecule has 0 unspecified atom stereocenters. The van der Waals surface area contributed by atoms with Crippen molar-refractivity contribution in [1.82, 2.24) is 19.9 Å². The Morgan fingerprint density at radius 1 is 1.19 bits per heavy atom. The topological polar surface area (TPSA) is 54.5 Å². The number of thioether (sulfide) groups is 1. The number of aromatic nitrogens is 4. The number of rotatable bonds is 6. The molecule has 6 heteroatoms. The van der Waals surface area contributed by atoms with Crippen molar-refractivity contribution >= 4 is 34.5 Å². The first-order chi connectivity index (χ1) is 7.92. The lowest BCUT2D eigenvalue weighted by molar-refractivity contribution is 0.782. The summed E-state index contributed by atoms with van der Waals surface area (Å²) in [5, 5.41) is 0.980. The smallest absolute Gasteiger partial charge is 0.181 e. The number of aromatic amines is 1. The van der Waals surface area contributed by atoms with Crippen molar-refractivity contribution < 1.29 is 0 Å². The zero-order valence-corrected chi connectivity index (χ0v) is 10.4. The molecule has 0 aliphatic carbocycles. The molecule has 4 nitrogen and oxygen atoms in total. The standard InChI is InChI=1S/C10H13ClN4S/c11-4-2-1-3-5-16-10-8-9(13-6-12-8)14-7-15-10/h6-7H,1-5H2,(H,12,13,14,15). The molecule has 0 fully saturated rings. The van der Waals surface area contributed by atoms with Crippen LogP contribution in [0.15, 0.2) is 17.7 Å². The Morgan fingerprint density at radius 2 is 2.12 bits per heavy atom. The SMILES string of the molecule is ClCCCCCSc1ncnc2nc[nH]c12. The van der Waals surface area contributed by atoms with Gasteiger partial charge in [-0.25, -0.2) is 15.0 Å². The van der Waals surface area contributed by atoms with Gasteiger partial charge in [-0.1, -0.05) is 6.42 Å². The van der Waals surface area contributed by atoms with Gasteiger partial charge in [0.1, 0.15) is 16.9 Å². The summed E-state index contributed by atoms with van der Waals surface area (Å²) in [5.41, 5.74) is 1.67. The Labute approximate surface area is 103 Å². The van der Waals surface area contributed by atoms with E-state index in [0.717, 1.165) is 40.7 Å². The van der Waals surface area contributed by atoms with Crippen LogP contribution < -0.4 is 0 Å². The van der Waals surface area contributed by atoms with E-state index in [2.05, 4.69) is 19.9 Å². The fourth-order valence-corrected chi connectivity index (χ4v) is 2.54. The first-order valence-electron chi connectivity index (χ1n) is 5.24. The third-order valence-corrected chi connectivity index (χ3v) is 3.55. The van der Waals surface area contributed by atoms with Crippen LogP contribution in [0.3, 0.4) is 0 Å². The van der Waals surface area contributed by atoms with Crippen molar-refractivity contribution in [1.29, 1.82) is 0 Å². The van der Waals surface area contributed by atoms with E-state index in [1.54, 1.807) is 24.4 Å². The summed E-state index contributed by atoms with van der Waals surface area (Å²) in [6, 6.07) is 0. The summed E-state index contributed by atoms with van der Waals surface area (Å²) in [6.45, 7) is 0. The number of nitrogens with zero attached hydrogens (tertiary/aromatic N) is 3. The van der Waals surface area contributed by atoms with Gasteiger partial charge in [0.05, 0.1) is 6.33 Å². The Morgan fingerprint density at radius 3 is 3.00 bits per heavy atom. The van der Waals surface area contributed by atoms with Crippen LogP contribution in [0.25, 0.3) is 11.2 Å². The molecule has 0 spiro atoms. The van der Waals surface area contributed by atoms with Crippen LogP contribution in [-0.4, -0.2) is 31.6 Å². The molecule has 0 aliphatic heterocycles. The average Bonchev–Trinajstić information content (AvgIpc) is 2.77. The second kappa shape index (κ2) is 6.06. The number of imidazole rings is 1. The van der Waals surface area contributed by atoms with Crippen LogP contribution in [0.5, 0.6) is 0 Å². The zero-order valence-electron chi connectivity index (χ0n) is 8.82. The molecular formula is C10H13ClN4S. The van der Waals surface area contributed by atoms with Crippen molar-refractivity contribution in [3.8, 4) is 0 Å². The lowest BCUT2D eigenvalue weighted by Crippen LogP contribution is -1.88. The molecule has 2 aromatic heterocycles. The molecular weight excluding hydrogens is 244 g/mol. The molecule has 1 N–H and O–H groups in total. The van der Waals surface area contributed by atoms with Gasteiger partial charge in [-0.05, 0) is 18.6 Å². The molecule has 0 atom stereocenters. The van der Waals surface area contributed by atoms with E-state index >= 15 is 0 Å². The summed E-state index contributed by atoms with van der Waals surface area (Å²) >= 11 is 7.36. The summed E-state index contributed by atoms with van der Waals surface area (Å²) in [7, 11) is 0. The first kappa shape index (κ1) is 11.7. The molecule has 0 bridgehead atoms. The highest BCUT2D eigenvalue weighted by atomic mass is 35.5. The Balaban J connectivity index is 1.91. The molecule has 0 aromatic carbocycles. The fraction of sp³-hybridized carbons (Fsp3) is 0.500. The van der Waals surface area contributed by atoms with Crippen molar-refractivity contribution in [2.75, 3.05) is 11.6 Å². The maximum atomic E-state index is 5.62. The number of hydrogen-bond donors (Lipinski definition) is 1. The highest BCUT2D eigenvalue weighted by Crippen LogP contribution is 2.22. The molecule has 2 rings (SSSR count). The van der Waals surface area contributed by atoms with Gasteiger partial charge >= 0.3 is 0 Å². The minimum Gasteiger partial charge on any atom is -0.341 e. The van der Waals surface area contributed by atoms with Crippen LogP contribution in [-0.2, 0) is 0 Å². The summed E-state index contributed by atoms with van der Waals surface area (Å²) in [6.07, 6.45) is 6.64. The Bertz CT molecular complexity index is 445. The molecule has 16 heavy (non-hydrogen) atoms. The molecule has 2 heterocycles. The number of fused-ring (bicyclic) bond motifs is 1. The van der Waals surface area contributed by atoms with Gasteiger partial charge in [-0.3, -0.25) is 0 Å². The lowest BCUT2D eigenvalue weighted by atomic mass is 10.3. The Hall–Kier alpha value is -0.810. The van der Waals surface area contributed by atoms with Crippen LogP contribution in [0, 0.1) is 0 Å². The zero-order chi connectivity index (χ0) is 11.2. The van der Waals surface area contributed by atoms with E-state index in [-0.39, 0.29) is 0 Å². The predicted octanol–water partition coefficient (Wildman–Crippen LogP) is 2.85. The van der Waals surface area contributed by atoms with Gasteiger partial charge in [0, 0.05) is 5.88 Å². The molecule has 86 valence electrons. The number of hydrogen-bond acceptors (Lipinski definition) is 4. The summed E-state index contributed by atoms with van der Waals surface area (Å²) < 4.78 is 0. The van der Waals surface area contributed by atoms with E-state index in [1.165, 1.54) is 6.42 Å². The highest BCUT2D eigenvalue weighted by Gasteiger charge is 2.05. The molecule has 0 saturated heterocycles. The van der Waals surface area contributed by atoms with Crippen LogP contribution in [0.4, 0.5) is 0 Å². The third kappa shape index (κ3) is 2.86. The van der Waals surface area contributed by atoms with E-state index in [0.29, 0.717) is 0 Å². The number of unbranched alkanes of at least 4 members (excludes halogenated alkanes) is 2. The number of alkyl halides is 1. The largest absolute Gasteiger partial charge is 0.341 e. The summed E-state index contributed by atoms with van der Waals surface area (Å²) in [4.78, 5) is 15.5. The minimum absolute atomic E-state index is 0.734. The second-order valence-corrected chi connectivity index (χ2v) is 4.84. The van der Waals surface area contributed by atoms with Gasteiger partial charge in [-0.2, -0.15) is 0 Å². The van der Waals surface area contributed by atoms with Gasteiger partial charge in [0.15, 0.2) is 5.65 Å². The maximum absolute atomic E-state index is 5.62. The van der Waals surface area contributed by atoms with Gasteiger partial charge in [0.25, 0.3) is 0 Å². The van der Waals surface area contributed by atoms with E-state index in [4.69, 9.17) is 11.6 Å². The summed E-state index contributed by atoms with van der Waals surface area (Å²) in [5.74, 6) is 1.81. The van der Waals surface area contributed by atoms with Crippen LogP contribution in [0.1, 0.15) is 19.3 Å². The lowest BCUT2D eigenvalue weighted by Gasteiger charge is -2.00. The minimum atomic E-state index is 0.734. The molecule has 0 radical (unpaired) electrons. The fourth-order valence-electron chi connectivity index (χ4n) is 1.39. The third-order valence-electron chi connectivity index (χ3n) is 2.20. The monoisotopic (exact) mass is 256 g/mol. The highest BCUT2D eigenvalue weighted by molar-refractivity contribution is 7.99. The number of halogens is 1. The molecule has 0 amide bonds. The van der Waals surface area contributed by atoms with Crippen molar-refractivity contribution in [3.05, 3.63) is 12.7 Å². The van der Waals surface area contributed by atoms with Gasteiger partial charge in [-0.15, -0.1) is 23.4 Å². The number of H-pyrrole nitrogens is 1. The quantitative estimate of drug-likeness (QED) is 0.374. The molecule has 2 aromatic rings. The van der Waals surface area contributed by atoms with E-state index in [1.807, 2.05) is 0 Å². The Kier molecular flexibility index (Phi) is 4.42. The molecule has 0 saturated carbocycles. The van der Waals surface area contributed by atoms with Gasteiger partial charge in [0.2, 0.25) is 0 Å². The van der Waals surface area contributed by atoms with Crippen LogP contribution in [0.2, 0.25) is 0 Å². The predicted molar refractivity (Wildman–Crippen MR) is 67.0 cm³/mol. The van der Waals surface area contributed by atoms with E-state index in [9.17, 15) is 0 Å². The van der Waals surface area contributed by atoms with Crippen molar-refractivity contribution in [2.24, 2.45) is 0 Å². The van der Waals surface area contributed by atoms with Crippen molar-refractivity contribution in [3.63, 3.8) is 0 Å². The van der Waals surface area contributed by atoms with Crippen LogP contribution >= 0.6 is 23.4 Å². The van der Waals surface area contributed by atoms with Gasteiger partial charge < -0.3 is 4.98 Å². The first-order valence-corrected chi connectivity index (χ1v) is 6.76. The van der Waals surface area contributed by atoms with E-state index < -0.39 is 0 Å². The normalized spacial score (nSPS) is 11.1. The number of nitrogens with one attached hydrogen (secondary N) is 1. The van der Waals surface area contributed by atoms with Crippen molar-refractivity contribution in [2.45, 2.75) is 24.3 Å². The average molecular weight is 257 g/mol. The molecule has 0 aliphatic rings.